The Bertz CT molecular complexity index is 3730. The van der Waals surface area contributed by atoms with Gasteiger partial charge in [0.2, 0.25) is 0 Å². The van der Waals surface area contributed by atoms with Gasteiger partial charge in [0.25, 0.3) is 0 Å². The van der Waals surface area contributed by atoms with Crippen LogP contribution in [0, 0.1) is 69.2 Å². The molecule has 0 aliphatic heterocycles. The minimum atomic E-state index is 0.661. The first-order chi connectivity index (χ1) is 46.3. The Balaban J connectivity index is 0.000000315. The number of anilines is 8. The Labute approximate surface area is 615 Å². The van der Waals surface area contributed by atoms with E-state index < -0.39 is 0 Å². The number of benzene rings is 8. The molecule has 12 heteroatoms. The van der Waals surface area contributed by atoms with Gasteiger partial charge in [-0.25, -0.2) is 0 Å². The molecule has 8 nitrogen and oxygen atoms in total. The van der Waals surface area contributed by atoms with Crippen molar-refractivity contribution in [1.82, 2.24) is 0 Å². The van der Waals surface area contributed by atoms with Crippen LogP contribution in [0.25, 0.3) is 0 Å². The lowest BCUT2D eigenvalue weighted by Gasteiger charge is -2.19. The van der Waals surface area contributed by atoms with E-state index in [1.165, 1.54) is 106 Å². The number of nitrogen functional groups attached to an aromatic ring is 8. The maximum Gasteiger partial charge on any atom is 0.0493 e. The second-order valence-corrected chi connectivity index (χ2v) is 27.5. The second kappa shape index (κ2) is 40.6. The highest BCUT2D eigenvalue weighted by Gasteiger charge is 2.19. The Hall–Kier alpha value is -6.56. The van der Waals surface area contributed by atoms with E-state index in [1.54, 1.807) is 0 Å². The zero-order valence-corrected chi connectivity index (χ0v) is 67.7. The molecule has 8 aromatic carbocycles. The minimum Gasteiger partial charge on any atom is -0.398 e. The number of nitrogens with two attached hydrogens (primary N) is 8. The second-order valence-electron chi connectivity index (χ2n) is 26.1. The molecule has 0 unspecified atom stereocenters. The van der Waals surface area contributed by atoms with Gasteiger partial charge in [-0.3, -0.25) is 0 Å². The molecule has 16 N–H and O–H groups in total. The lowest BCUT2D eigenvalue weighted by atomic mass is 9.91. The average Bonchev–Trinajstić information content (AvgIpc) is 0.825. The van der Waals surface area contributed by atoms with Crippen molar-refractivity contribution in [3.05, 3.63) is 226 Å². The van der Waals surface area contributed by atoms with Crippen LogP contribution in [0.1, 0.15) is 239 Å². The van der Waals surface area contributed by atoms with E-state index in [0.29, 0.717) is 11.5 Å². The first kappa shape index (κ1) is 85.7. The predicted molar refractivity (Wildman–Crippen MR) is 448 cm³/mol. The summed E-state index contributed by atoms with van der Waals surface area (Å²) >= 11 is 21.8. The molecule has 0 heterocycles. The Kier molecular flexibility index (Phi) is 35.5. The van der Waals surface area contributed by atoms with Crippen molar-refractivity contribution in [3.63, 3.8) is 0 Å². The van der Waals surface area contributed by atoms with E-state index in [-0.39, 0.29) is 0 Å². The molecule has 8 aromatic rings. The van der Waals surface area contributed by atoms with Crippen LogP contribution in [0.4, 0.5) is 45.5 Å². The fourth-order valence-electron chi connectivity index (χ4n) is 13.2. The lowest BCUT2D eigenvalue weighted by molar-refractivity contribution is 1.01. The van der Waals surface area contributed by atoms with Crippen molar-refractivity contribution in [2.45, 2.75) is 254 Å². The third kappa shape index (κ3) is 21.3. The fraction of sp³-hybridized carbons (Fsp3) is 0.442. The fourth-order valence-corrected chi connectivity index (χ4v) is 14.5. The van der Waals surface area contributed by atoms with Crippen LogP contribution in [0.2, 0.25) is 10.0 Å². The number of hydrogen-bond donors (Lipinski definition) is 10. The normalized spacial score (nSPS) is 10.7. The van der Waals surface area contributed by atoms with Gasteiger partial charge in [-0.15, -0.1) is 0 Å². The number of hydrogen-bond acceptors (Lipinski definition) is 10. The van der Waals surface area contributed by atoms with Crippen molar-refractivity contribution >= 4 is 94.0 Å². The average molecular weight is 1410 g/mol. The monoisotopic (exact) mass is 1400 g/mol. The van der Waals surface area contributed by atoms with Crippen molar-refractivity contribution < 1.29 is 0 Å². The highest BCUT2D eigenvalue weighted by molar-refractivity contribution is 7.79. The smallest absolute Gasteiger partial charge is 0.0493 e. The molecule has 0 radical (unpaired) electrons. The van der Waals surface area contributed by atoms with Gasteiger partial charge in [0.15, 0.2) is 0 Å². The summed E-state index contributed by atoms with van der Waals surface area (Å²) in [4.78, 5) is 0. The maximum absolute atomic E-state index is 6.76. The molecule has 8 rings (SSSR count). The summed E-state index contributed by atoms with van der Waals surface area (Å²) in [6, 6.07) is 22.2. The molecule has 0 aliphatic carbocycles. The van der Waals surface area contributed by atoms with E-state index in [2.05, 4.69) is 198 Å². The van der Waals surface area contributed by atoms with E-state index in [1.807, 2.05) is 39.8 Å². The van der Waals surface area contributed by atoms with Gasteiger partial charge in [-0.2, -0.15) is 25.3 Å². The maximum atomic E-state index is 6.76. The minimum absolute atomic E-state index is 0.661. The number of aryl methyl sites for hydroxylation is 12. The van der Waals surface area contributed by atoms with Gasteiger partial charge in [-0.1, -0.05) is 167 Å². The Morgan fingerprint density at radius 2 is 0.531 bits per heavy atom. The Morgan fingerprint density at radius 1 is 0.235 bits per heavy atom. The lowest BCUT2D eigenvalue weighted by Crippen LogP contribution is -2.05. The van der Waals surface area contributed by atoms with Crippen molar-refractivity contribution in [3.8, 4) is 0 Å². The number of rotatable bonds is 18. The van der Waals surface area contributed by atoms with E-state index in [4.69, 9.17) is 69.1 Å². The molecule has 0 bridgehead atoms. The van der Waals surface area contributed by atoms with Crippen molar-refractivity contribution in [2.75, 3.05) is 45.9 Å². The number of thiol groups is 2. The number of halogens is 2. The van der Waals surface area contributed by atoms with E-state index in [9.17, 15) is 0 Å². The standard InChI is InChI=1S/C22H29Cl2N.C22H31N.2C12H19N.2C9H14N2S/c1-6-14-10-16(20(23)18(8-3)13(14)5)12-17-11-15(7-2)22(25)19(9-4)21(17)24;1-6-18-11-16(12-19(7-2)15(18)5)10-17-13-20(8-3)22(23)21(9-4)14-17;1-5-10-7-11(6-2)12(13)9(4)8(10)3;1-5-10-7-8(3)9(4)11(6-2)12(10)13;2*1-5-3-7(4-12)9(11)6(2)8(5)10/h10-11H,6-9,12,25H2,1-5H3;11-14H,6-10,23H2,1-5H3;2*7H,5-6,13H2,1-4H3;2*3,12H,4,10-11H2,1-2H3. The van der Waals surface area contributed by atoms with Gasteiger partial charge in [0.05, 0.1) is 0 Å². The summed E-state index contributed by atoms with van der Waals surface area (Å²) in [6.07, 6.45) is 13.9. The Morgan fingerprint density at radius 3 is 0.918 bits per heavy atom. The van der Waals surface area contributed by atoms with Gasteiger partial charge < -0.3 is 45.9 Å². The molecule has 0 atom stereocenters. The molecule has 0 saturated heterocycles. The van der Waals surface area contributed by atoms with Crippen molar-refractivity contribution in [1.29, 1.82) is 0 Å². The molecular weight excluding hydrogens is 1280 g/mol. The third-order valence-electron chi connectivity index (χ3n) is 20.3. The van der Waals surface area contributed by atoms with Crippen LogP contribution < -0.4 is 45.9 Å². The van der Waals surface area contributed by atoms with E-state index >= 15 is 0 Å². The molecule has 0 spiro atoms. The van der Waals surface area contributed by atoms with Crippen LogP contribution in [0.5, 0.6) is 0 Å². The molecule has 536 valence electrons. The summed E-state index contributed by atoms with van der Waals surface area (Å²) < 4.78 is 0. The largest absolute Gasteiger partial charge is 0.398 e. The molecule has 0 amide bonds. The van der Waals surface area contributed by atoms with Crippen molar-refractivity contribution in [2.24, 2.45) is 0 Å². The quantitative estimate of drug-likeness (QED) is 0.0295. The van der Waals surface area contributed by atoms with Crippen LogP contribution >= 0.6 is 48.5 Å². The third-order valence-corrected chi connectivity index (χ3v) is 21.9. The first-order valence-corrected chi connectivity index (χ1v) is 38.0. The molecule has 0 fully saturated rings. The van der Waals surface area contributed by atoms with Crippen LogP contribution in [-0.2, 0) is 101 Å². The molecule has 0 saturated carbocycles. The van der Waals surface area contributed by atoms with E-state index in [0.717, 1.165) is 196 Å². The van der Waals surface area contributed by atoms with Crippen LogP contribution in [0.15, 0.2) is 60.7 Å². The zero-order chi connectivity index (χ0) is 74.3. The van der Waals surface area contributed by atoms with Crippen LogP contribution in [-0.4, -0.2) is 0 Å². The summed E-state index contributed by atoms with van der Waals surface area (Å²) in [7, 11) is 0. The highest BCUT2D eigenvalue weighted by atomic mass is 35.5. The predicted octanol–water partition coefficient (Wildman–Crippen LogP) is 22.0. The molecule has 98 heavy (non-hydrogen) atoms. The molecular formula is C86H126Cl2N8S2. The SMILES string of the molecule is CCc1cc(C)c(C)c(CC)c1N.CCc1cc(CC)c(N)c(C)c1C.CCc1cc(Cc2cc(CC)c(N)c(CC)c2)cc(CC)c1C.CCc1cc(Cc2cc(CC)c(N)c(CC)c2Cl)c(Cl)c(CC)c1C.Cc1cc(CS)c(N)c(C)c1N.Cc1cc(CS)c(N)c(C)c1N. The zero-order valence-electron chi connectivity index (χ0n) is 64.4. The summed E-state index contributed by atoms with van der Waals surface area (Å²) in [5.74, 6) is 1.32. The summed E-state index contributed by atoms with van der Waals surface area (Å²) in [6.45, 7) is 47.0. The molecule has 0 aliphatic rings. The van der Waals surface area contributed by atoms with Gasteiger partial charge in [0, 0.05) is 73.5 Å². The van der Waals surface area contributed by atoms with Gasteiger partial charge >= 0.3 is 0 Å². The summed E-state index contributed by atoms with van der Waals surface area (Å²) in [5, 5.41) is 1.69. The highest BCUT2D eigenvalue weighted by Crippen LogP contribution is 2.37. The topological polar surface area (TPSA) is 208 Å². The van der Waals surface area contributed by atoms with Crippen LogP contribution in [0.3, 0.4) is 0 Å². The van der Waals surface area contributed by atoms with Gasteiger partial charge in [0.1, 0.15) is 0 Å². The first-order valence-electron chi connectivity index (χ1n) is 35.9. The summed E-state index contributed by atoms with van der Waals surface area (Å²) in [5.41, 5.74) is 90.1. The molecule has 0 aromatic heterocycles. The van der Waals surface area contributed by atoms with Gasteiger partial charge in [-0.05, 0) is 308 Å².